The fraction of sp³-hybridized carbons (Fsp3) is 0.286. The summed E-state index contributed by atoms with van der Waals surface area (Å²) in [5.74, 6) is 0.789. The van der Waals surface area contributed by atoms with Crippen LogP contribution in [0.25, 0.3) is 11.4 Å². The molecule has 0 radical (unpaired) electrons. The number of carbonyl (C=O) groups is 1. The normalized spacial score (nSPS) is 16.1. The molecule has 2 aromatic carbocycles. The Bertz CT molecular complexity index is 1020. The molecular formula is C21H20FN3O4. The van der Waals surface area contributed by atoms with Crippen LogP contribution in [0.5, 0.6) is 11.5 Å². The number of benzene rings is 2. The van der Waals surface area contributed by atoms with E-state index in [1.807, 2.05) is 24.3 Å². The van der Waals surface area contributed by atoms with Gasteiger partial charge in [-0.2, -0.15) is 4.98 Å². The Labute approximate surface area is 167 Å². The highest BCUT2D eigenvalue weighted by atomic mass is 19.1. The molecule has 0 saturated carbocycles. The van der Waals surface area contributed by atoms with Crippen LogP contribution < -0.4 is 9.47 Å². The summed E-state index contributed by atoms with van der Waals surface area (Å²) in [6.07, 6.45) is 1.50. The fourth-order valence-electron chi connectivity index (χ4n) is 3.46. The number of methoxy groups -OCH3 is 2. The van der Waals surface area contributed by atoms with Gasteiger partial charge in [-0.05, 0) is 55.3 Å². The minimum absolute atomic E-state index is 0.0977. The molecule has 1 aliphatic heterocycles. The molecule has 0 unspecified atom stereocenters. The van der Waals surface area contributed by atoms with E-state index in [1.165, 1.54) is 19.2 Å². The third-order valence-electron chi connectivity index (χ3n) is 4.99. The predicted molar refractivity (Wildman–Crippen MR) is 102 cm³/mol. The van der Waals surface area contributed by atoms with Crippen LogP contribution >= 0.6 is 0 Å². The first kappa shape index (κ1) is 18.9. The van der Waals surface area contributed by atoms with E-state index in [-0.39, 0.29) is 23.3 Å². The number of amides is 1. The summed E-state index contributed by atoms with van der Waals surface area (Å²) in [4.78, 5) is 19.1. The molecule has 1 aromatic heterocycles. The van der Waals surface area contributed by atoms with E-state index >= 15 is 0 Å². The summed E-state index contributed by atoms with van der Waals surface area (Å²) < 4.78 is 29.5. The molecule has 0 bridgehead atoms. The van der Waals surface area contributed by atoms with Crippen LogP contribution in [0.1, 0.15) is 35.1 Å². The number of halogens is 1. The van der Waals surface area contributed by atoms with Gasteiger partial charge in [0.1, 0.15) is 11.8 Å². The van der Waals surface area contributed by atoms with Gasteiger partial charge >= 0.3 is 0 Å². The van der Waals surface area contributed by atoms with Gasteiger partial charge in [-0.1, -0.05) is 5.16 Å². The SMILES string of the molecule is COc1ccc(-c2noc([C@H]3CCCN3C(=O)c3ccc(OC)c(F)c3)n2)cc1. The van der Waals surface area contributed by atoms with Gasteiger partial charge in [0.05, 0.1) is 14.2 Å². The lowest BCUT2D eigenvalue weighted by molar-refractivity contribution is 0.0709. The highest BCUT2D eigenvalue weighted by molar-refractivity contribution is 5.94. The molecule has 3 aromatic rings. The molecule has 0 spiro atoms. The fourth-order valence-corrected chi connectivity index (χ4v) is 3.46. The molecule has 2 heterocycles. The Hall–Kier alpha value is -3.42. The van der Waals surface area contributed by atoms with Crippen molar-refractivity contribution in [1.82, 2.24) is 15.0 Å². The second-order valence-electron chi connectivity index (χ2n) is 6.69. The third kappa shape index (κ3) is 3.65. The van der Waals surface area contributed by atoms with Gasteiger partial charge in [0.15, 0.2) is 11.6 Å². The molecule has 0 N–H and O–H groups in total. The van der Waals surface area contributed by atoms with E-state index in [1.54, 1.807) is 18.1 Å². The zero-order valence-corrected chi connectivity index (χ0v) is 16.1. The Kier molecular flexibility index (Phi) is 5.16. The van der Waals surface area contributed by atoms with Crippen LogP contribution in [0.15, 0.2) is 47.0 Å². The maximum Gasteiger partial charge on any atom is 0.254 e. The number of carbonyl (C=O) groups excluding carboxylic acids is 1. The quantitative estimate of drug-likeness (QED) is 0.650. The standard InChI is InChI=1S/C21H20FN3O4/c1-27-15-8-5-13(6-9-15)19-23-20(29-24-19)17-4-3-11-25(17)21(26)14-7-10-18(28-2)16(22)12-14/h5-10,12,17H,3-4,11H2,1-2H3/t17-/m1/s1. The smallest absolute Gasteiger partial charge is 0.254 e. The molecule has 1 aliphatic rings. The topological polar surface area (TPSA) is 77.7 Å². The van der Waals surface area contributed by atoms with E-state index < -0.39 is 5.82 Å². The Morgan fingerprint density at radius 3 is 2.66 bits per heavy atom. The summed E-state index contributed by atoms with van der Waals surface area (Å²) in [6, 6.07) is 11.2. The van der Waals surface area contributed by atoms with Gasteiger partial charge in [0.2, 0.25) is 11.7 Å². The summed E-state index contributed by atoms with van der Waals surface area (Å²) in [5.41, 5.74) is 1.04. The Morgan fingerprint density at radius 1 is 1.17 bits per heavy atom. The van der Waals surface area contributed by atoms with Crippen molar-refractivity contribution in [2.75, 3.05) is 20.8 Å². The summed E-state index contributed by atoms with van der Waals surface area (Å²) in [6.45, 7) is 0.539. The maximum absolute atomic E-state index is 14.0. The predicted octanol–water partition coefficient (Wildman–Crippen LogP) is 3.87. The Morgan fingerprint density at radius 2 is 1.97 bits per heavy atom. The number of hydrogen-bond acceptors (Lipinski definition) is 6. The van der Waals surface area contributed by atoms with E-state index in [2.05, 4.69) is 10.1 Å². The third-order valence-corrected chi connectivity index (χ3v) is 4.99. The second-order valence-corrected chi connectivity index (χ2v) is 6.69. The van der Waals surface area contributed by atoms with Crippen molar-refractivity contribution in [2.45, 2.75) is 18.9 Å². The van der Waals surface area contributed by atoms with Gasteiger partial charge in [-0.25, -0.2) is 4.39 Å². The summed E-state index contributed by atoms with van der Waals surface area (Å²) >= 11 is 0. The van der Waals surface area contributed by atoms with E-state index in [9.17, 15) is 9.18 Å². The van der Waals surface area contributed by atoms with Crippen LogP contribution in [-0.2, 0) is 0 Å². The first-order valence-corrected chi connectivity index (χ1v) is 9.23. The van der Waals surface area contributed by atoms with E-state index in [0.717, 1.165) is 17.7 Å². The lowest BCUT2D eigenvalue weighted by Gasteiger charge is -2.22. The number of likely N-dealkylation sites (tertiary alicyclic amines) is 1. The van der Waals surface area contributed by atoms with Gasteiger partial charge in [0, 0.05) is 17.7 Å². The average Bonchev–Trinajstić information content (AvgIpc) is 3.42. The molecule has 8 heteroatoms. The van der Waals surface area contributed by atoms with E-state index in [4.69, 9.17) is 14.0 Å². The van der Waals surface area contributed by atoms with Gasteiger partial charge < -0.3 is 18.9 Å². The monoisotopic (exact) mass is 397 g/mol. The molecular weight excluding hydrogens is 377 g/mol. The van der Waals surface area contributed by atoms with Gasteiger partial charge in [-0.3, -0.25) is 4.79 Å². The van der Waals surface area contributed by atoms with Crippen LogP contribution in [0.4, 0.5) is 4.39 Å². The highest BCUT2D eigenvalue weighted by Gasteiger charge is 2.35. The van der Waals surface area contributed by atoms with Crippen molar-refractivity contribution in [3.05, 3.63) is 59.7 Å². The molecule has 0 aliphatic carbocycles. The van der Waals surface area contributed by atoms with Crippen molar-refractivity contribution < 1.29 is 23.2 Å². The molecule has 1 saturated heterocycles. The molecule has 7 nitrogen and oxygen atoms in total. The van der Waals surface area contributed by atoms with Crippen molar-refractivity contribution in [3.8, 4) is 22.9 Å². The van der Waals surface area contributed by atoms with Crippen molar-refractivity contribution in [2.24, 2.45) is 0 Å². The van der Waals surface area contributed by atoms with Crippen LogP contribution in [-0.4, -0.2) is 41.7 Å². The largest absolute Gasteiger partial charge is 0.497 e. The first-order chi connectivity index (χ1) is 14.1. The molecule has 29 heavy (non-hydrogen) atoms. The number of rotatable bonds is 5. The zero-order chi connectivity index (χ0) is 20.4. The number of nitrogens with zero attached hydrogens (tertiary/aromatic N) is 3. The summed E-state index contributed by atoms with van der Waals surface area (Å²) in [5, 5.41) is 4.05. The van der Waals surface area contributed by atoms with Crippen molar-refractivity contribution in [3.63, 3.8) is 0 Å². The lowest BCUT2D eigenvalue weighted by atomic mass is 10.1. The molecule has 1 atom stereocenters. The van der Waals surface area contributed by atoms with Gasteiger partial charge in [-0.15, -0.1) is 0 Å². The summed E-state index contributed by atoms with van der Waals surface area (Å²) in [7, 11) is 2.98. The van der Waals surface area contributed by atoms with Crippen molar-refractivity contribution in [1.29, 1.82) is 0 Å². The van der Waals surface area contributed by atoms with Crippen molar-refractivity contribution >= 4 is 5.91 Å². The van der Waals surface area contributed by atoms with E-state index in [0.29, 0.717) is 24.7 Å². The molecule has 1 fully saturated rings. The highest BCUT2D eigenvalue weighted by Crippen LogP contribution is 2.34. The maximum atomic E-state index is 14.0. The second kappa shape index (κ2) is 7.90. The average molecular weight is 397 g/mol. The van der Waals surface area contributed by atoms with Crippen LogP contribution in [0.3, 0.4) is 0 Å². The zero-order valence-electron chi connectivity index (χ0n) is 16.1. The number of hydrogen-bond donors (Lipinski definition) is 0. The lowest BCUT2D eigenvalue weighted by Crippen LogP contribution is -2.30. The molecule has 4 rings (SSSR count). The number of aromatic nitrogens is 2. The minimum atomic E-state index is -0.575. The molecule has 1 amide bonds. The minimum Gasteiger partial charge on any atom is -0.497 e. The number of ether oxygens (including phenoxy) is 2. The first-order valence-electron chi connectivity index (χ1n) is 9.23. The Balaban J connectivity index is 1.56. The van der Waals surface area contributed by atoms with Crippen LogP contribution in [0.2, 0.25) is 0 Å². The molecule has 150 valence electrons. The van der Waals surface area contributed by atoms with Gasteiger partial charge in [0.25, 0.3) is 5.91 Å². The van der Waals surface area contributed by atoms with Crippen LogP contribution in [0, 0.1) is 5.82 Å².